The second-order valence-electron chi connectivity index (χ2n) is 4.86. The molecule has 1 amide bonds. The fourth-order valence-electron chi connectivity index (χ4n) is 2.08. The largest absolute Gasteiger partial charge is 0.508 e. The summed E-state index contributed by atoms with van der Waals surface area (Å²) in [5.41, 5.74) is 7.75. The van der Waals surface area contributed by atoms with Crippen LogP contribution in [0, 0.1) is 0 Å². The molecule has 0 aromatic heterocycles. The molecule has 1 atom stereocenters. The van der Waals surface area contributed by atoms with Gasteiger partial charge in [0.2, 0.25) is 5.91 Å². The summed E-state index contributed by atoms with van der Waals surface area (Å²) in [5, 5.41) is 12.6. The molecule has 0 spiro atoms. The number of anilines is 1. The van der Waals surface area contributed by atoms with Crippen LogP contribution in [0.25, 0.3) is 0 Å². The SMILES string of the molecule is CC(Cc1ccc(O)cc1)Nc1cccc(C(N)=O)c1. The van der Waals surface area contributed by atoms with Crippen LogP contribution in [0.3, 0.4) is 0 Å². The Morgan fingerprint density at radius 3 is 2.60 bits per heavy atom. The van der Waals surface area contributed by atoms with Crippen molar-refractivity contribution in [1.82, 2.24) is 0 Å². The first-order chi connectivity index (χ1) is 9.54. The third-order valence-electron chi connectivity index (χ3n) is 3.04. The molecule has 0 aliphatic rings. The van der Waals surface area contributed by atoms with Gasteiger partial charge in [-0.15, -0.1) is 0 Å². The van der Waals surface area contributed by atoms with E-state index >= 15 is 0 Å². The molecule has 4 heteroatoms. The first-order valence-electron chi connectivity index (χ1n) is 6.49. The molecular formula is C16H18N2O2. The highest BCUT2D eigenvalue weighted by Gasteiger charge is 2.06. The zero-order chi connectivity index (χ0) is 14.5. The predicted molar refractivity (Wildman–Crippen MR) is 79.9 cm³/mol. The standard InChI is InChI=1S/C16H18N2O2/c1-11(9-12-5-7-15(19)8-6-12)18-14-4-2-3-13(10-14)16(17)20/h2-8,10-11,18-19H,9H2,1H3,(H2,17,20). The van der Waals surface area contributed by atoms with Crippen LogP contribution in [0.5, 0.6) is 5.75 Å². The molecular weight excluding hydrogens is 252 g/mol. The Morgan fingerprint density at radius 1 is 1.25 bits per heavy atom. The zero-order valence-electron chi connectivity index (χ0n) is 11.3. The van der Waals surface area contributed by atoms with E-state index in [0.29, 0.717) is 5.56 Å². The van der Waals surface area contributed by atoms with Crippen LogP contribution in [0.2, 0.25) is 0 Å². The van der Waals surface area contributed by atoms with Crippen LogP contribution in [0.4, 0.5) is 5.69 Å². The van der Waals surface area contributed by atoms with Gasteiger partial charge in [-0.3, -0.25) is 4.79 Å². The second-order valence-corrected chi connectivity index (χ2v) is 4.86. The normalized spacial score (nSPS) is 11.8. The number of nitrogens with one attached hydrogen (secondary N) is 1. The molecule has 4 nitrogen and oxygen atoms in total. The van der Waals surface area contributed by atoms with Gasteiger partial charge in [-0.1, -0.05) is 18.2 Å². The molecule has 1 unspecified atom stereocenters. The zero-order valence-corrected chi connectivity index (χ0v) is 11.3. The van der Waals surface area contributed by atoms with Crippen molar-refractivity contribution in [3.05, 3.63) is 59.7 Å². The third-order valence-corrected chi connectivity index (χ3v) is 3.04. The van der Waals surface area contributed by atoms with Crippen LogP contribution in [-0.2, 0) is 6.42 Å². The van der Waals surface area contributed by atoms with Crippen LogP contribution in [0.1, 0.15) is 22.8 Å². The fourth-order valence-corrected chi connectivity index (χ4v) is 2.08. The lowest BCUT2D eigenvalue weighted by Crippen LogP contribution is -2.18. The van der Waals surface area contributed by atoms with Crippen molar-refractivity contribution in [3.63, 3.8) is 0 Å². The monoisotopic (exact) mass is 270 g/mol. The lowest BCUT2D eigenvalue weighted by Gasteiger charge is -2.16. The molecule has 0 fully saturated rings. The molecule has 0 aliphatic carbocycles. The van der Waals surface area contributed by atoms with E-state index in [-0.39, 0.29) is 11.8 Å². The molecule has 0 heterocycles. The number of nitrogens with two attached hydrogens (primary N) is 1. The number of phenols is 1. The molecule has 2 aromatic rings. The number of phenolic OH excluding ortho intramolecular Hbond substituents is 1. The van der Waals surface area contributed by atoms with Gasteiger partial charge < -0.3 is 16.2 Å². The maximum Gasteiger partial charge on any atom is 0.248 e. The van der Waals surface area contributed by atoms with Gasteiger partial charge in [0.25, 0.3) is 0 Å². The molecule has 0 saturated carbocycles. The van der Waals surface area contributed by atoms with Crippen LogP contribution in [-0.4, -0.2) is 17.1 Å². The smallest absolute Gasteiger partial charge is 0.248 e. The van der Waals surface area contributed by atoms with Crippen LogP contribution < -0.4 is 11.1 Å². The quantitative estimate of drug-likeness (QED) is 0.781. The number of amides is 1. The van der Waals surface area contributed by atoms with Gasteiger partial charge in [-0.25, -0.2) is 0 Å². The topological polar surface area (TPSA) is 75.3 Å². The average Bonchev–Trinajstić information content (AvgIpc) is 2.41. The van der Waals surface area contributed by atoms with Crippen molar-refractivity contribution >= 4 is 11.6 Å². The molecule has 0 saturated heterocycles. The highest BCUT2D eigenvalue weighted by molar-refractivity contribution is 5.93. The maximum atomic E-state index is 11.1. The van der Waals surface area contributed by atoms with Gasteiger partial charge in [0.15, 0.2) is 0 Å². The van der Waals surface area contributed by atoms with Crippen molar-refractivity contribution in [1.29, 1.82) is 0 Å². The van der Waals surface area contributed by atoms with E-state index < -0.39 is 5.91 Å². The predicted octanol–water partition coefficient (Wildman–Crippen LogP) is 2.53. The average molecular weight is 270 g/mol. The van der Waals surface area contributed by atoms with Gasteiger partial charge in [-0.2, -0.15) is 0 Å². The Hall–Kier alpha value is -2.49. The molecule has 0 radical (unpaired) electrons. The maximum absolute atomic E-state index is 11.1. The first kappa shape index (κ1) is 13.9. The van der Waals surface area contributed by atoms with E-state index in [9.17, 15) is 9.90 Å². The summed E-state index contributed by atoms with van der Waals surface area (Å²) in [6.07, 6.45) is 0.821. The molecule has 104 valence electrons. The van der Waals surface area contributed by atoms with E-state index in [0.717, 1.165) is 17.7 Å². The highest BCUT2D eigenvalue weighted by Crippen LogP contribution is 2.15. The summed E-state index contributed by atoms with van der Waals surface area (Å²) in [6, 6.07) is 14.5. The summed E-state index contributed by atoms with van der Waals surface area (Å²) < 4.78 is 0. The Bertz CT molecular complexity index is 594. The van der Waals surface area contributed by atoms with Crippen molar-refractivity contribution < 1.29 is 9.90 Å². The fraction of sp³-hybridized carbons (Fsp3) is 0.188. The van der Waals surface area contributed by atoms with Crippen molar-refractivity contribution in [2.24, 2.45) is 5.73 Å². The number of rotatable bonds is 5. The minimum absolute atomic E-state index is 0.197. The molecule has 2 aromatic carbocycles. The molecule has 0 aliphatic heterocycles. The van der Waals surface area contributed by atoms with Gasteiger partial charge in [0, 0.05) is 17.3 Å². The Kier molecular flexibility index (Phi) is 4.25. The summed E-state index contributed by atoms with van der Waals surface area (Å²) in [5.74, 6) is -0.164. The van der Waals surface area contributed by atoms with Crippen LogP contribution in [0.15, 0.2) is 48.5 Å². The van der Waals surface area contributed by atoms with Gasteiger partial charge >= 0.3 is 0 Å². The molecule has 0 bridgehead atoms. The van der Waals surface area contributed by atoms with Crippen LogP contribution >= 0.6 is 0 Å². The Morgan fingerprint density at radius 2 is 1.95 bits per heavy atom. The lowest BCUT2D eigenvalue weighted by molar-refractivity contribution is 0.100. The number of hydrogen-bond acceptors (Lipinski definition) is 3. The number of primary amides is 1. The molecule has 20 heavy (non-hydrogen) atoms. The van der Waals surface area contributed by atoms with E-state index in [2.05, 4.69) is 12.2 Å². The van der Waals surface area contributed by atoms with Gasteiger partial charge in [0.05, 0.1) is 0 Å². The third kappa shape index (κ3) is 3.75. The Balaban J connectivity index is 2.00. The van der Waals surface area contributed by atoms with Gasteiger partial charge in [0.1, 0.15) is 5.75 Å². The van der Waals surface area contributed by atoms with E-state index in [1.807, 2.05) is 18.2 Å². The number of hydrogen-bond donors (Lipinski definition) is 3. The lowest BCUT2D eigenvalue weighted by atomic mass is 10.1. The minimum Gasteiger partial charge on any atom is -0.508 e. The Labute approximate surface area is 118 Å². The van der Waals surface area contributed by atoms with Crippen molar-refractivity contribution in [3.8, 4) is 5.75 Å². The van der Waals surface area contributed by atoms with Crippen molar-refractivity contribution in [2.45, 2.75) is 19.4 Å². The summed E-state index contributed by atoms with van der Waals surface area (Å²) in [7, 11) is 0. The second kappa shape index (κ2) is 6.10. The molecule has 2 rings (SSSR count). The first-order valence-corrected chi connectivity index (χ1v) is 6.49. The van der Waals surface area contributed by atoms with E-state index in [1.54, 1.807) is 30.3 Å². The van der Waals surface area contributed by atoms with E-state index in [1.165, 1.54) is 0 Å². The number of benzene rings is 2. The summed E-state index contributed by atoms with van der Waals surface area (Å²) in [6.45, 7) is 2.06. The van der Waals surface area contributed by atoms with E-state index in [4.69, 9.17) is 5.73 Å². The summed E-state index contributed by atoms with van der Waals surface area (Å²) >= 11 is 0. The summed E-state index contributed by atoms with van der Waals surface area (Å²) in [4.78, 5) is 11.1. The number of aromatic hydroxyl groups is 1. The van der Waals surface area contributed by atoms with Gasteiger partial charge in [-0.05, 0) is 49.2 Å². The number of carbonyl (C=O) groups excluding carboxylic acids is 1. The molecule has 4 N–H and O–H groups in total. The number of carbonyl (C=O) groups is 1. The van der Waals surface area contributed by atoms with Crippen molar-refractivity contribution in [2.75, 3.05) is 5.32 Å². The minimum atomic E-state index is -0.431. The highest BCUT2D eigenvalue weighted by atomic mass is 16.3.